The van der Waals surface area contributed by atoms with E-state index >= 15 is 0 Å². The van der Waals surface area contributed by atoms with Crippen molar-refractivity contribution in [1.29, 1.82) is 0 Å². The summed E-state index contributed by atoms with van der Waals surface area (Å²) in [5, 5.41) is 1.70. The van der Waals surface area contributed by atoms with Crippen LogP contribution in [0.1, 0.15) is 43.2 Å². The minimum atomic E-state index is -0.0453. The molecule has 32 heavy (non-hydrogen) atoms. The molecule has 1 aliphatic heterocycles. The summed E-state index contributed by atoms with van der Waals surface area (Å²) in [5.41, 5.74) is 2.16. The van der Waals surface area contributed by atoms with Crippen molar-refractivity contribution >= 4 is 68.4 Å². The van der Waals surface area contributed by atoms with E-state index < -0.39 is 0 Å². The smallest absolute Gasteiger partial charge is 0.277 e. The molecule has 2 aliphatic rings. The fourth-order valence-corrected chi connectivity index (χ4v) is 5.32. The quantitative estimate of drug-likeness (QED) is 0.293. The first-order valence-corrected chi connectivity index (χ1v) is 12.5. The topological polar surface area (TPSA) is 32.8 Å². The van der Waals surface area contributed by atoms with Crippen molar-refractivity contribution < 1.29 is 9.53 Å². The van der Waals surface area contributed by atoms with Crippen LogP contribution in [0.3, 0.4) is 0 Å². The second-order valence-corrected chi connectivity index (χ2v) is 10.2. The van der Waals surface area contributed by atoms with Crippen LogP contribution in [0.2, 0.25) is 10.0 Å². The molecule has 0 unspecified atom stereocenters. The lowest BCUT2D eigenvalue weighted by Gasteiger charge is -2.30. The van der Waals surface area contributed by atoms with Gasteiger partial charge in [-0.15, -0.1) is 0 Å². The number of halogens is 3. The first kappa shape index (κ1) is 23.6. The first-order valence-electron chi connectivity index (χ1n) is 10.5. The summed E-state index contributed by atoms with van der Waals surface area (Å²) in [5.74, 6) is 0.603. The molecule has 1 heterocycles. The van der Waals surface area contributed by atoms with Crippen molar-refractivity contribution in [2.24, 2.45) is 0 Å². The molecule has 168 valence electrons. The molecule has 4 rings (SSSR count). The van der Waals surface area contributed by atoms with Crippen molar-refractivity contribution in [2.75, 3.05) is 7.05 Å². The average Bonchev–Trinajstić information content (AvgIpc) is 2.98. The number of likely N-dealkylation sites (N-methyl/N-ethyl adjacent to an activating group) is 1. The van der Waals surface area contributed by atoms with Gasteiger partial charge in [-0.25, -0.2) is 0 Å². The molecule has 0 spiro atoms. The number of nitrogens with zero attached hydrogens (tertiary/aromatic N) is 2. The summed E-state index contributed by atoms with van der Waals surface area (Å²) in [4.78, 5) is 16.9. The molecule has 0 N–H and O–H groups in total. The predicted octanol–water partition coefficient (Wildman–Crippen LogP) is 7.07. The maximum absolute atomic E-state index is 13.3. The minimum Gasteiger partial charge on any atom is -0.488 e. The van der Waals surface area contributed by atoms with Gasteiger partial charge in [-0.3, -0.25) is 9.69 Å². The lowest BCUT2D eigenvalue weighted by molar-refractivity contribution is -0.124. The Labute approximate surface area is 212 Å². The van der Waals surface area contributed by atoms with E-state index in [4.69, 9.17) is 40.2 Å². The number of ether oxygens (including phenoxy) is 1. The lowest BCUT2D eigenvalue weighted by atomic mass is 9.94. The van der Waals surface area contributed by atoms with Crippen molar-refractivity contribution in [3.8, 4) is 5.75 Å². The zero-order valence-electron chi connectivity index (χ0n) is 17.6. The first-order chi connectivity index (χ1) is 15.3. The average molecular weight is 554 g/mol. The second kappa shape index (κ2) is 10.1. The fraction of sp³-hybridized carbons (Fsp3) is 0.333. The highest BCUT2D eigenvalue weighted by Crippen LogP contribution is 2.33. The van der Waals surface area contributed by atoms with Crippen molar-refractivity contribution in [2.45, 2.75) is 44.8 Å². The zero-order valence-corrected chi connectivity index (χ0v) is 21.5. The molecule has 2 aromatic carbocycles. The molecular formula is C24H23BrCl2N2O2S. The van der Waals surface area contributed by atoms with Gasteiger partial charge in [-0.2, -0.15) is 0 Å². The molecule has 0 atom stereocenters. The van der Waals surface area contributed by atoms with Crippen LogP contribution in [0.25, 0.3) is 6.08 Å². The Morgan fingerprint density at radius 1 is 1.16 bits per heavy atom. The van der Waals surface area contributed by atoms with E-state index in [0.29, 0.717) is 26.6 Å². The summed E-state index contributed by atoms with van der Waals surface area (Å²) < 4.78 is 6.97. The standard InChI is InChI=1S/C24H23BrCl2N2O2S/c1-28-21(23(30)29(24(28)32)19-5-3-2-4-6-19)12-16-11-17(25)8-10-22(16)31-14-15-7-9-18(26)13-20(15)27/h7-13,19H,2-6,14H2,1H3/b21-12-. The third-order valence-corrected chi connectivity index (χ3v) is 7.45. The van der Waals surface area contributed by atoms with Crippen LogP contribution in [-0.2, 0) is 11.4 Å². The Balaban J connectivity index is 1.60. The maximum atomic E-state index is 13.3. The summed E-state index contributed by atoms with van der Waals surface area (Å²) in [6.07, 6.45) is 7.34. The molecule has 2 aromatic rings. The van der Waals surface area contributed by atoms with Crippen LogP contribution < -0.4 is 4.74 Å². The van der Waals surface area contributed by atoms with Crippen LogP contribution in [0, 0.1) is 0 Å². The molecule has 4 nitrogen and oxygen atoms in total. The lowest BCUT2D eigenvalue weighted by Crippen LogP contribution is -2.41. The van der Waals surface area contributed by atoms with E-state index in [2.05, 4.69) is 15.9 Å². The Kier molecular flexibility index (Phi) is 7.45. The van der Waals surface area contributed by atoms with Gasteiger partial charge in [0.25, 0.3) is 5.91 Å². The SMILES string of the molecule is CN1C(=S)N(C2CCCCC2)C(=O)/C1=C/c1cc(Br)ccc1OCc1ccc(Cl)cc1Cl. The van der Waals surface area contributed by atoms with Crippen molar-refractivity contribution in [3.05, 3.63) is 67.7 Å². The van der Waals surface area contributed by atoms with Gasteiger partial charge in [0, 0.05) is 38.7 Å². The molecule has 1 saturated carbocycles. The zero-order chi connectivity index (χ0) is 22.8. The summed E-state index contributed by atoms with van der Waals surface area (Å²) in [7, 11) is 1.85. The summed E-state index contributed by atoms with van der Waals surface area (Å²) >= 11 is 21.4. The van der Waals surface area contributed by atoms with Gasteiger partial charge in [0.2, 0.25) is 0 Å². The van der Waals surface area contributed by atoms with Gasteiger partial charge in [0.05, 0.1) is 0 Å². The van der Waals surface area contributed by atoms with Crippen molar-refractivity contribution in [3.63, 3.8) is 0 Å². The van der Waals surface area contributed by atoms with Crippen LogP contribution >= 0.6 is 51.3 Å². The molecule has 0 bridgehead atoms. The van der Waals surface area contributed by atoms with Gasteiger partial charge in [-0.05, 0) is 61.5 Å². The Bertz CT molecular complexity index is 1090. The third kappa shape index (κ3) is 4.98. The monoisotopic (exact) mass is 552 g/mol. The minimum absolute atomic E-state index is 0.0453. The fourth-order valence-electron chi connectivity index (χ4n) is 4.14. The number of thiocarbonyl (C=S) groups is 1. The molecular weight excluding hydrogens is 531 g/mol. The van der Waals surface area contributed by atoms with Crippen LogP contribution in [-0.4, -0.2) is 33.9 Å². The van der Waals surface area contributed by atoms with Gasteiger partial charge in [0.15, 0.2) is 5.11 Å². The number of rotatable bonds is 5. The van der Waals surface area contributed by atoms with E-state index in [1.165, 1.54) is 6.42 Å². The van der Waals surface area contributed by atoms with Crippen LogP contribution in [0.5, 0.6) is 5.75 Å². The molecule has 8 heteroatoms. The summed E-state index contributed by atoms with van der Waals surface area (Å²) in [6.45, 7) is 0.282. The van der Waals surface area contributed by atoms with Gasteiger partial charge >= 0.3 is 0 Å². The van der Waals surface area contributed by atoms with Gasteiger partial charge in [0.1, 0.15) is 18.1 Å². The number of benzene rings is 2. The number of hydrogen-bond donors (Lipinski definition) is 0. The predicted molar refractivity (Wildman–Crippen MR) is 137 cm³/mol. The highest BCUT2D eigenvalue weighted by molar-refractivity contribution is 9.10. The Morgan fingerprint density at radius 2 is 1.91 bits per heavy atom. The van der Waals surface area contributed by atoms with Crippen molar-refractivity contribution in [1.82, 2.24) is 9.80 Å². The van der Waals surface area contributed by atoms with E-state index in [-0.39, 0.29) is 18.6 Å². The number of amides is 1. The third-order valence-electron chi connectivity index (χ3n) is 5.89. The second-order valence-electron chi connectivity index (χ2n) is 8.04. The summed E-state index contributed by atoms with van der Waals surface area (Å²) in [6, 6.07) is 11.2. The highest BCUT2D eigenvalue weighted by Gasteiger charge is 2.40. The Hall–Kier alpha value is -1.60. The molecule has 0 radical (unpaired) electrons. The van der Waals surface area contributed by atoms with Crippen LogP contribution in [0.15, 0.2) is 46.6 Å². The van der Waals surface area contributed by atoms with Gasteiger partial charge < -0.3 is 9.64 Å². The van der Waals surface area contributed by atoms with Gasteiger partial charge in [-0.1, -0.05) is 64.5 Å². The van der Waals surface area contributed by atoms with Crippen LogP contribution in [0.4, 0.5) is 0 Å². The number of carbonyl (C=O) groups is 1. The normalized spacial score (nSPS) is 18.7. The largest absolute Gasteiger partial charge is 0.488 e. The maximum Gasteiger partial charge on any atom is 0.277 e. The molecule has 2 fully saturated rings. The van der Waals surface area contributed by atoms with E-state index in [1.54, 1.807) is 21.9 Å². The van der Waals surface area contributed by atoms with E-state index in [1.807, 2.05) is 37.4 Å². The number of carbonyl (C=O) groups excluding carboxylic acids is 1. The van der Waals surface area contributed by atoms with E-state index in [0.717, 1.165) is 41.3 Å². The van der Waals surface area contributed by atoms with E-state index in [9.17, 15) is 4.79 Å². The molecule has 1 aliphatic carbocycles. The number of hydrogen-bond acceptors (Lipinski definition) is 3. The molecule has 1 amide bonds. The highest BCUT2D eigenvalue weighted by atomic mass is 79.9. The Morgan fingerprint density at radius 3 is 2.62 bits per heavy atom. The molecule has 1 saturated heterocycles. The molecule has 0 aromatic heterocycles.